The lowest BCUT2D eigenvalue weighted by Gasteiger charge is -2.30. The van der Waals surface area contributed by atoms with Crippen LogP contribution in [-0.4, -0.2) is 71.2 Å². The number of nitrogens with one attached hydrogen (secondary N) is 3. The van der Waals surface area contributed by atoms with Gasteiger partial charge in [-0.15, -0.1) is 0 Å². The van der Waals surface area contributed by atoms with E-state index in [1.54, 1.807) is 11.0 Å². The zero-order valence-corrected chi connectivity index (χ0v) is 24.0. The molecule has 1 fully saturated rings. The van der Waals surface area contributed by atoms with E-state index in [-0.39, 0.29) is 40.4 Å². The maximum absolute atomic E-state index is 13.4. The zero-order valence-electron chi connectivity index (χ0n) is 22.5. The summed E-state index contributed by atoms with van der Waals surface area (Å²) in [6.07, 6.45) is 2.01. The fourth-order valence-electron chi connectivity index (χ4n) is 5.51. The molecule has 0 aliphatic carbocycles. The van der Waals surface area contributed by atoms with Crippen molar-refractivity contribution >= 4 is 52.0 Å². The maximum atomic E-state index is 13.4. The molecule has 6 N–H and O–H groups in total. The van der Waals surface area contributed by atoms with Crippen LogP contribution in [0.3, 0.4) is 0 Å². The van der Waals surface area contributed by atoms with Gasteiger partial charge in [0.2, 0.25) is 0 Å². The molecule has 1 aromatic heterocycles. The van der Waals surface area contributed by atoms with E-state index in [9.17, 15) is 19.5 Å². The molecule has 2 atom stereocenters. The van der Waals surface area contributed by atoms with Crippen LogP contribution in [0.5, 0.6) is 0 Å². The van der Waals surface area contributed by atoms with Crippen LogP contribution < -0.4 is 21.9 Å². The number of halogens is 2. The van der Waals surface area contributed by atoms with Gasteiger partial charge in [0.1, 0.15) is 17.9 Å². The molecule has 0 bridgehead atoms. The highest BCUT2D eigenvalue weighted by molar-refractivity contribution is 6.40. The number of nitrogens with zero attached hydrogens (tertiary/aromatic N) is 2. The second-order valence-electron chi connectivity index (χ2n) is 10.3. The molecular formula is C28H32Cl2N6O5. The van der Waals surface area contributed by atoms with Gasteiger partial charge < -0.3 is 19.7 Å². The minimum atomic E-state index is -1.26. The number of aliphatic carboxylic acids is 1. The van der Waals surface area contributed by atoms with Crippen LogP contribution in [-0.2, 0) is 17.8 Å². The normalized spacial score (nSPS) is 16.9. The maximum Gasteiger partial charge on any atom is 0.327 e. The van der Waals surface area contributed by atoms with Gasteiger partial charge in [-0.05, 0) is 49.4 Å². The minimum absolute atomic E-state index is 0.000666. The second-order valence-corrected chi connectivity index (χ2v) is 11.1. The highest BCUT2D eigenvalue weighted by atomic mass is 35.5. The van der Waals surface area contributed by atoms with Gasteiger partial charge in [0.05, 0.1) is 15.6 Å². The molecule has 1 unspecified atom stereocenters. The van der Waals surface area contributed by atoms with Crippen LogP contribution in [0.2, 0.25) is 10.0 Å². The lowest BCUT2D eigenvalue weighted by Crippen LogP contribution is -2.60. The van der Waals surface area contributed by atoms with Crippen molar-refractivity contribution in [3.8, 4) is 0 Å². The summed E-state index contributed by atoms with van der Waals surface area (Å²) in [6, 6.07) is 7.83. The molecule has 0 saturated carbocycles. The number of hydrogen-bond donors (Lipinski definition) is 5. The van der Waals surface area contributed by atoms with Crippen molar-refractivity contribution < 1.29 is 23.9 Å². The fourth-order valence-corrected chi connectivity index (χ4v) is 6.27. The number of carboxylic acid groups (broad SMARTS) is 1. The molecule has 11 nitrogen and oxygen atoms in total. The Kier molecular flexibility index (Phi) is 8.83. The number of aryl methyl sites for hydroxylation is 1. The molecule has 3 aromatic rings. The molecule has 3 heterocycles. The average Bonchev–Trinajstić information content (AvgIpc) is 3.60. The van der Waals surface area contributed by atoms with Gasteiger partial charge in [-0.2, -0.15) is 0 Å². The third-order valence-electron chi connectivity index (χ3n) is 7.74. The van der Waals surface area contributed by atoms with Gasteiger partial charge in [-0.1, -0.05) is 41.4 Å². The van der Waals surface area contributed by atoms with Gasteiger partial charge in [0, 0.05) is 43.7 Å². The number of hydrogen-bond acceptors (Lipinski definition) is 8. The molecular weight excluding hydrogens is 571 g/mol. The summed E-state index contributed by atoms with van der Waals surface area (Å²) in [5.74, 6) is 3.77. The predicted octanol–water partition coefficient (Wildman–Crippen LogP) is 2.86. The molecule has 41 heavy (non-hydrogen) atoms. The number of carbonyl (C=O) groups excluding carboxylic acids is 2. The molecule has 2 amide bonds. The van der Waals surface area contributed by atoms with E-state index in [1.165, 1.54) is 0 Å². The van der Waals surface area contributed by atoms with Gasteiger partial charge in [-0.3, -0.25) is 25.6 Å². The SMILES string of the molecule is Cc1c(C(=O)N2CCc3c(cc(Cl)c(C(=O)N[C@@H](CNC(NN)N4CCCC4)C(=O)O)c3Cl)C2)oc2ccccc12. The lowest BCUT2D eigenvalue weighted by atomic mass is 9.96. The number of amides is 2. The Morgan fingerprint density at radius 3 is 2.56 bits per heavy atom. The standard InChI is InChI=1S/C28H32Cl2N6O5/c1-15-17-6-2-3-7-21(17)41-24(15)26(38)36-11-8-18-16(14-36)12-19(29)22(23(18)30)25(37)33-20(27(39)40)13-32-28(34-31)35-9-4-5-10-35/h2-3,6-7,12,20,28,32,34H,4-5,8-11,13-14,31H2,1H3,(H,33,37)(H,39,40)/t20-,28?/m0/s1. The fraction of sp³-hybridized carbons (Fsp3) is 0.393. The quantitative estimate of drug-likeness (QED) is 0.141. The van der Waals surface area contributed by atoms with Gasteiger partial charge in [0.15, 0.2) is 5.76 Å². The number of para-hydroxylation sites is 1. The second kappa shape index (κ2) is 12.4. The Morgan fingerprint density at radius 1 is 1.15 bits per heavy atom. The lowest BCUT2D eigenvalue weighted by molar-refractivity contribution is -0.139. The van der Waals surface area contributed by atoms with Crippen LogP contribution in [0.25, 0.3) is 11.0 Å². The predicted molar refractivity (Wildman–Crippen MR) is 155 cm³/mol. The number of benzene rings is 2. The first kappa shape index (κ1) is 29.3. The largest absolute Gasteiger partial charge is 0.480 e. The Bertz CT molecular complexity index is 1490. The van der Waals surface area contributed by atoms with E-state index >= 15 is 0 Å². The van der Waals surface area contributed by atoms with Crippen LogP contribution in [0.15, 0.2) is 34.7 Å². The van der Waals surface area contributed by atoms with E-state index in [2.05, 4.69) is 21.0 Å². The van der Waals surface area contributed by atoms with E-state index in [0.29, 0.717) is 29.7 Å². The summed E-state index contributed by atoms with van der Waals surface area (Å²) in [6.45, 7) is 4.02. The molecule has 13 heteroatoms. The van der Waals surface area contributed by atoms with Crippen LogP contribution in [0, 0.1) is 6.92 Å². The van der Waals surface area contributed by atoms with Crippen molar-refractivity contribution in [1.82, 2.24) is 25.9 Å². The molecule has 1 saturated heterocycles. The number of rotatable bonds is 9. The van der Waals surface area contributed by atoms with Crippen molar-refractivity contribution in [3.05, 3.63) is 68.4 Å². The summed E-state index contributed by atoms with van der Waals surface area (Å²) in [4.78, 5) is 42.3. The summed E-state index contributed by atoms with van der Waals surface area (Å²) in [7, 11) is 0. The van der Waals surface area contributed by atoms with Crippen molar-refractivity contribution in [3.63, 3.8) is 0 Å². The first-order valence-corrected chi connectivity index (χ1v) is 14.2. The van der Waals surface area contributed by atoms with Crippen LogP contribution >= 0.6 is 23.2 Å². The summed E-state index contributed by atoms with van der Waals surface area (Å²) in [5, 5.41) is 16.4. The van der Waals surface area contributed by atoms with E-state index in [1.807, 2.05) is 31.2 Å². The smallest absolute Gasteiger partial charge is 0.327 e. The first-order chi connectivity index (χ1) is 19.7. The molecule has 218 valence electrons. The monoisotopic (exact) mass is 602 g/mol. The zero-order chi connectivity index (χ0) is 29.3. The first-order valence-electron chi connectivity index (χ1n) is 13.4. The number of nitrogens with two attached hydrogens (primary N) is 1. The minimum Gasteiger partial charge on any atom is -0.480 e. The number of carboxylic acids is 1. The topological polar surface area (TPSA) is 153 Å². The summed E-state index contributed by atoms with van der Waals surface area (Å²) in [5.41, 5.74) is 5.46. The average molecular weight is 604 g/mol. The number of carbonyl (C=O) groups is 3. The van der Waals surface area contributed by atoms with Crippen molar-refractivity contribution in [1.29, 1.82) is 0 Å². The summed E-state index contributed by atoms with van der Waals surface area (Å²) >= 11 is 13.2. The Hall–Kier alpha value is -3.19. The van der Waals surface area contributed by atoms with Crippen molar-refractivity contribution in [2.45, 2.75) is 45.1 Å². The van der Waals surface area contributed by atoms with E-state index in [0.717, 1.165) is 36.9 Å². The Labute approximate surface area is 246 Å². The molecule has 0 radical (unpaired) electrons. The third-order valence-corrected chi connectivity index (χ3v) is 8.45. The number of hydrazine groups is 1. The molecule has 2 aliphatic rings. The van der Waals surface area contributed by atoms with Gasteiger partial charge in [-0.25, -0.2) is 10.2 Å². The molecule has 5 rings (SSSR count). The summed E-state index contributed by atoms with van der Waals surface area (Å²) < 4.78 is 5.86. The third kappa shape index (κ3) is 5.92. The molecule has 2 aromatic carbocycles. The van der Waals surface area contributed by atoms with Crippen molar-refractivity contribution in [2.24, 2.45) is 5.84 Å². The van der Waals surface area contributed by atoms with E-state index < -0.39 is 24.2 Å². The Balaban J connectivity index is 1.30. The number of furan rings is 1. The van der Waals surface area contributed by atoms with Crippen molar-refractivity contribution in [2.75, 3.05) is 26.2 Å². The molecule has 2 aliphatic heterocycles. The van der Waals surface area contributed by atoms with Gasteiger partial charge >= 0.3 is 5.97 Å². The van der Waals surface area contributed by atoms with Crippen LogP contribution in [0.4, 0.5) is 0 Å². The van der Waals surface area contributed by atoms with E-state index in [4.69, 9.17) is 33.5 Å². The number of likely N-dealkylation sites (tertiary alicyclic amines) is 1. The highest BCUT2D eigenvalue weighted by Crippen LogP contribution is 2.35. The number of fused-ring (bicyclic) bond motifs is 2. The highest BCUT2D eigenvalue weighted by Gasteiger charge is 2.32. The van der Waals surface area contributed by atoms with Gasteiger partial charge in [0.25, 0.3) is 11.8 Å². The Morgan fingerprint density at radius 2 is 1.88 bits per heavy atom. The molecule has 0 spiro atoms. The van der Waals surface area contributed by atoms with Crippen LogP contribution in [0.1, 0.15) is 50.4 Å².